The highest BCUT2D eigenvalue weighted by molar-refractivity contribution is 7.07. The normalized spacial score (nSPS) is 11.2. The first kappa shape index (κ1) is 14.7. The van der Waals surface area contributed by atoms with Gasteiger partial charge >= 0.3 is 0 Å². The third-order valence-corrected chi connectivity index (χ3v) is 3.79. The lowest BCUT2D eigenvalue weighted by Gasteiger charge is -2.05. The largest absolute Gasteiger partial charge is 0.316 e. The van der Waals surface area contributed by atoms with E-state index in [1.165, 1.54) is 50.6 Å². The molecule has 2 heteroatoms. The molecule has 1 nitrogen and oxygen atoms in total. The molecule has 0 bridgehead atoms. The van der Waals surface area contributed by atoms with Crippen LogP contribution in [0.5, 0.6) is 0 Å². The maximum absolute atomic E-state index is 3.53. The lowest BCUT2D eigenvalue weighted by atomic mass is 10.0. The van der Waals surface area contributed by atoms with Gasteiger partial charge in [0.05, 0.1) is 0 Å². The SMILES string of the molecule is CC(C)CCCCCCNCCc1ccsc1. The van der Waals surface area contributed by atoms with Crippen LogP contribution in [0.25, 0.3) is 0 Å². The topological polar surface area (TPSA) is 12.0 Å². The molecule has 0 unspecified atom stereocenters. The molecule has 1 heterocycles. The van der Waals surface area contributed by atoms with Gasteiger partial charge in [-0.1, -0.05) is 39.5 Å². The van der Waals surface area contributed by atoms with Crippen LogP contribution < -0.4 is 5.32 Å². The molecule has 0 radical (unpaired) electrons. The summed E-state index contributed by atoms with van der Waals surface area (Å²) in [5, 5.41) is 7.93. The summed E-state index contributed by atoms with van der Waals surface area (Å²) in [6, 6.07) is 2.22. The number of hydrogen-bond donors (Lipinski definition) is 1. The van der Waals surface area contributed by atoms with Gasteiger partial charge in [-0.05, 0) is 54.2 Å². The Bertz CT molecular complexity index is 254. The molecule has 0 amide bonds. The number of rotatable bonds is 10. The molecule has 0 aliphatic carbocycles. The number of thiophene rings is 1. The van der Waals surface area contributed by atoms with Gasteiger partial charge in [-0.2, -0.15) is 11.3 Å². The van der Waals surface area contributed by atoms with Crippen LogP contribution in [0, 0.1) is 5.92 Å². The minimum atomic E-state index is 0.874. The van der Waals surface area contributed by atoms with Gasteiger partial charge in [-0.25, -0.2) is 0 Å². The van der Waals surface area contributed by atoms with E-state index in [0.717, 1.165) is 12.5 Å². The van der Waals surface area contributed by atoms with Crippen LogP contribution in [0.1, 0.15) is 51.5 Å². The van der Waals surface area contributed by atoms with E-state index in [0.29, 0.717) is 0 Å². The summed E-state index contributed by atoms with van der Waals surface area (Å²) in [7, 11) is 0. The van der Waals surface area contributed by atoms with Crippen LogP contribution in [0.3, 0.4) is 0 Å². The molecule has 0 saturated carbocycles. The molecule has 0 aliphatic heterocycles. The van der Waals surface area contributed by atoms with Crippen molar-refractivity contribution in [1.82, 2.24) is 5.32 Å². The van der Waals surface area contributed by atoms with Crippen LogP contribution >= 0.6 is 11.3 Å². The van der Waals surface area contributed by atoms with Gasteiger partial charge in [0.2, 0.25) is 0 Å². The smallest absolute Gasteiger partial charge is 0.000806 e. The van der Waals surface area contributed by atoms with Gasteiger partial charge in [0, 0.05) is 0 Å². The summed E-state index contributed by atoms with van der Waals surface area (Å²) in [4.78, 5) is 0. The molecule has 0 atom stereocenters. The lowest BCUT2D eigenvalue weighted by molar-refractivity contribution is 0.512. The summed E-state index contributed by atoms with van der Waals surface area (Å²) in [6.45, 7) is 6.94. The van der Waals surface area contributed by atoms with Crippen molar-refractivity contribution in [3.63, 3.8) is 0 Å². The molecule has 98 valence electrons. The van der Waals surface area contributed by atoms with Gasteiger partial charge < -0.3 is 5.32 Å². The Hall–Kier alpha value is -0.340. The molecule has 1 aromatic heterocycles. The van der Waals surface area contributed by atoms with Crippen LogP contribution in [0.4, 0.5) is 0 Å². The Morgan fingerprint density at radius 2 is 1.94 bits per heavy atom. The molecule has 1 aromatic rings. The average molecular weight is 253 g/mol. The average Bonchev–Trinajstić information content (AvgIpc) is 2.79. The quantitative estimate of drug-likeness (QED) is 0.606. The van der Waals surface area contributed by atoms with E-state index in [1.54, 1.807) is 11.3 Å². The van der Waals surface area contributed by atoms with E-state index in [9.17, 15) is 0 Å². The predicted octanol–water partition coefficient (Wildman–Crippen LogP) is 4.49. The zero-order valence-electron chi connectivity index (χ0n) is 11.4. The molecular weight excluding hydrogens is 226 g/mol. The Balaban J connectivity index is 1.79. The molecule has 0 fully saturated rings. The first-order valence-corrected chi connectivity index (χ1v) is 7.95. The van der Waals surface area contributed by atoms with Gasteiger partial charge in [0.1, 0.15) is 0 Å². The van der Waals surface area contributed by atoms with E-state index < -0.39 is 0 Å². The fraction of sp³-hybridized carbons (Fsp3) is 0.733. The molecule has 17 heavy (non-hydrogen) atoms. The molecule has 1 N–H and O–H groups in total. The highest BCUT2D eigenvalue weighted by Gasteiger charge is 1.95. The summed E-state index contributed by atoms with van der Waals surface area (Å²) in [5.74, 6) is 0.874. The molecule has 0 saturated heterocycles. The Labute approximate surface area is 111 Å². The second kappa shape index (κ2) is 9.67. The Kier molecular flexibility index (Phi) is 8.37. The number of nitrogens with one attached hydrogen (secondary N) is 1. The van der Waals surface area contributed by atoms with Crippen molar-refractivity contribution in [1.29, 1.82) is 0 Å². The Morgan fingerprint density at radius 3 is 2.65 bits per heavy atom. The van der Waals surface area contributed by atoms with E-state index in [2.05, 4.69) is 36.0 Å². The second-order valence-corrected chi connectivity index (χ2v) is 6.01. The maximum atomic E-state index is 3.53. The minimum absolute atomic E-state index is 0.874. The zero-order chi connectivity index (χ0) is 12.3. The van der Waals surface area contributed by atoms with Crippen LogP contribution in [-0.4, -0.2) is 13.1 Å². The fourth-order valence-corrected chi connectivity index (χ4v) is 2.65. The van der Waals surface area contributed by atoms with Crippen molar-refractivity contribution in [2.75, 3.05) is 13.1 Å². The first-order chi connectivity index (χ1) is 8.29. The van der Waals surface area contributed by atoms with Crippen LogP contribution in [0.2, 0.25) is 0 Å². The summed E-state index contributed by atoms with van der Waals surface area (Å²) in [5.41, 5.74) is 1.47. The minimum Gasteiger partial charge on any atom is -0.316 e. The van der Waals surface area contributed by atoms with Gasteiger partial charge in [0.25, 0.3) is 0 Å². The zero-order valence-corrected chi connectivity index (χ0v) is 12.2. The predicted molar refractivity (Wildman–Crippen MR) is 78.8 cm³/mol. The van der Waals surface area contributed by atoms with Gasteiger partial charge in [-0.3, -0.25) is 0 Å². The lowest BCUT2D eigenvalue weighted by Crippen LogP contribution is -2.18. The van der Waals surface area contributed by atoms with Crippen molar-refractivity contribution < 1.29 is 0 Å². The molecule has 0 aliphatic rings. The number of hydrogen-bond acceptors (Lipinski definition) is 2. The van der Waals surface area contributed by atoms with Crippen molar-refractivity contribution in [2.24, 2.45) is 5.92 Å². The summed E-state index contributed by atoms with van der Waals surface area (Å²) in [6.07, 6.45) is 8.11. The summed E-state index contributed by atoms with van der Waals surface area (Å²) < 4.78 is 0. The van der Waals surface area contributed by atoms with Crippen LogP contribution in [-0.2, 0) is 6.42 Å². The molecular formula is C15H27NS. The van der Waals surface area contributed by atoms with Crippen molar-refractivity contribution in [3.05, 3.63) is 22.4 Å². The third-order valence-electron chi connectivity index (χ3n) is 3.06. The standard InChI is InChI=1S/C15H27NS/c1-14(2)7-5-3-4-6-10-16-11-8-15-9-12-17-13-15/h9,12-14,16H,3-8,10-11H2,1-2H3. The van der Waals surface area contributed by atoms with E-state index in [4.69, 9.17) is 0 Å². The third kappa shape index (κ3) is 8.39. The first-order valence-electron chi connectivity index (χ1n) is 7.01. The molecule has 1 rings (SSSR count). The molecule has 0 aromatic carbocycles. The van der Waals surface area contributed by atoms with E-state index >= 15 is 0 Å². The second-order valence-electron chi connectivity index (χ2n) is 5.23. The van der Waals surface area contributed by atoms with Crippen LogP contribution in [0.15, 0.2) is 16.8 Å². The molecule has 0 spiro atoms. The fourth-order valence-electron chi connectivity index (χ4n) is 1.95. The van der Waals surface area contributed by atoms with E-state index in [-0.39, 0.29) is 0 Å². The Morgan fingerprint density at radius 1 is 1.12 bits per heavy atom. The number of unbranched alkanes of at least 4 members (excludes halogenated alkanes) is 3. The van der Waals surface area contributed by atoms with E-state index in [1.807, 2.05) is 0 Å². The summed E-state index contributed by atoms with van der Waals surface area (Å²) >= 11 is 1.79. The van der Waals surface area contributed by atoms with Crippen molar-refractivity contribution in [2.45, 2.75) is 52.4 Å². The van der Waals surface area contributed by atoms with Gasteiger partial charge in [-0.15, -0.1) is 0 Å². The highest BCUT2D eigenvalue weighted by Crippen LogP contribution is 2.09. The highest BCUT2D eigenvalue weighted by atomic mass is 32.1. The van der Waals surface area contributed by atoms with Gasteiger partial charge in [0.15, 0.2) is 0 Å². The van der Waals surface area contributed by atoms with Crippen molar-refractivity contribution in [3.8, 4) is 0 Å². The maximum Gasteiger partial charge on any atom is -0.000806 e. The monoisotopic (exact) mass is 253 g/mol. The van der Waals surface area contributed by atoms with Crippen molar-refractivity contribution >= 4 is 11.3 Å².